The first-order valence-corrected chi connectivity index (χ1v) is 16.0. The van der Waals surface area contributed by atoms with Crippen molar-refractivity contribution in [3.05, 3.63) is 80.9 Å². The summed E-state index contributed by atoms with van der Waals surface area (Å²) in [6, 6.07) is 5.32. The molecule has 264 valence electrons. The molecular formula is C36H36F3N3O8. The Morgan fingerprint density at radius 1 is 1.12 bits per heavy atom. The summed E-state index contributed by atoms with van der Waals surface area (Å²) in [6.45, 7) is 4.79. The number of aromatic hydroxyl groups is 1. The molecular weight excluding hydrogens is 659 g/mol. The van der Waals surface area contributed by atoms with Gasteiger partial charge in [0.05, 0.1) is 18.7 Å². The van der Waals surface area contributed by atoms with Crippen LogP contribution in [0, 0.1) is 13.8 Å². The van der Waals surface area contributed by atoms with Crippen molar-refractivity contribution in [2.45, 2.75) is 63.8 Å². The van der Waals surface area contributed by atoms with Gasteiger partial charge in [0.1, 0.15) is 17.6 Å². The van der Waals surface area contributed by atoms with Gasteiger partial charge >= 0.3 is 12.1 Å². The zero-order valence-corrected chi connectivity index (χ0v) is 28.0. The Balaban J connectivity index is 1.40. The number of nitrogens with zero attached hydrogens (tertiary/aromatic N) is 2. The van der Waals surface area contributed by atoms with Gasteiger partial charge in [0.2, 0.25) is 12.7 Å². The predicted molar refractivity (Wildman–Crippen MR) is 173 cm³/mol. The number of esters is 1. The van der Waals surface area contributed by atoms with E-state index in [2.05, 4.69) is 5.32 Å². The van der Waals surface area contributed by atoms with Crippen LogP contribution in [0.3, 0.4) is 0 Å². The molecule has 3 aromatic rings. The fourth-order valence-corrected chi connectivity index (χ4v) is 8.22. The number of ether oxygens (including phenoxy) is 4. The SMILES string of the molecule is COc1c(C)cc2c(c1O)[C@@H]1C3Cc4c(OC(C)=O)c(C)c5c(c4C(NC(=O)/C=C/c4cccc(C(F)(F)F)c4)N3[C@](O)(C2)CN1C)OCO5. The van der Waals surface area contributed by atoms with Crippen molar-refractivity contribution < 1.29 is 51.9 Å². The maximum absolute atomic E-state index is 13.8. The first kappa shape index (κ1) is 33.7. The van der Waals surface area contributed by atoms with Crippen LogP contribution < -0.4 is 24.3 Å². The van der Waals surface area contributed by atoms with Crippen molar-refractivity contribution >= 4 is 18.0 Å². The predicted octanol–water partition coefficient (Wildman–Crippen LogP) is 4.68. The number of hydrogen-bond donors (Lipinski definition) is 3. The number of phenolic OH excluding ortho intramolecular Hbond substituents is 1. The zero-order chi connectivity index (χ0) is 35.9. The monoisotopic (exact) mass is 695 g/mol. The summed E-state index contributed by atoms with van der Waals surface area (Å²) in [4.78, 5) is 30.0. The Kier molecular flexibility index (Phi) is 8.03. The fraction of sp³-hybridized carbons (Fsp3) is 0.389. The minimum atomic E-state index is -4.56. The van der Waals surface area contributed by atoms with Crippen molar-refractivity contribution in [3.8, 4) is 28.7 Å². The number of methoxy groups -OCH3 is 1. The molecule has 3 N–H and O–H groups in total. The number of carbonyl (C=O) groups excluding carboxylic acids is 2. The molecule has 50 heavy (non-hydrogen) atoms. The van der Waals surface area contributed by atoms with E-state index in [1.165, 1.54) is 32.2 Å². The van der Waals surface area contributed by atoms with Gasteiger partial charge < -0.3 is 34.5 Å². The van der Waals surface area contributed by atoms with E-state index in [1.54, 1.807) is 18.7 Å². The number of hydrogen-bond acceptors (Lipinski definition) is 10. The van der Waals surface area contributed by atoms with Crippen LogP contribution in [0.2, 0.25) is 0 Å². The molecule has 5 aliphatic rings. The van der Waals surface area contributed by atoms with Crippen LogP contribution in [0.1, 0.15) is 63.6 Å². The van der Waals surface area contributed by atoms with Crippen LogP contribution >= 0.6 is 0 Å². The van der Waals surface area contributed by atoms with Gasteiger partial charge in [0, 0.05) is 54.3 Å². The Morgan fingerprint density at radius 3 is 2.56 bits per heavy atom. The Labute approximate surface area is 285 Å². The van der Waals surface area contributed by atoms with Gasteiger partial charge in [-0.15, -0.1) is 0 Å². The summed E-state index contributed by atoms with van der Waals surface area (Å²) in [7, 11) is 3.31. The van der Waals surface area contributed by atoms with Gasteiger partial charge in [-0.3, -0.25) is 14.5 Å². The van der Waals surface area contributed by atoms with Crippen molar-refractivity contribution in [1.29, 1.82) is 0 Å². The highest BCUT2D eigenvalue weighted by molar-refractivity contribution is 5.92. The van der Waals surface area contributed by atoms with Crippen LogP contribution in [0.4, 0.5) is 13.2 Å². The van der Waals surface area contributed by atoms with Crippen LogP contribution in [0.5, 0.6) is 28.7 Å². The smallest absolute Gasteiger partial charge is 0.416 e. The number of aryl methyl sites for hydroxylation is 1. The number of benzene rings is 3. The normalized spacial score (nSPS) is 24.0. The lowest BCUT2D eigenvalue weighted by molar-refractivity contribution is -0.210. The molecule has 5 heterocycles. The van der Waals surface area contributed by atoms with E-state index < -0.39 is 47.6 Å². The highest BCUT2D eigenvalue weighted by Crippen LogP contribution is 2.58. The summed E-state index contributed by atoms with van der Waals surface area (Å²) >= 11 is 0. The van der Waals surface area contributed by atoms with Gasteiger partial charge in [0.15, 0.2) is 23.0 Å². The number of piperazine rings is 1. The molecule has 0 radical (unpaired) electrons. The molecule has 0 saturated carbocycles. The molecule has 4 atom stereocenters. The lowest BCUT2D eigenvalue weighted by atomic mass is 9.80. The average molecular weight is 696 g/mol. The second-order valence-electron chi connectivity index (χ2n) is 13.2. The van der Waals surface area contributed by atoms with Gasteiger partial charge in [0.25, 0.3) is 0 Å². The number of likely N-dealkylation sites (N-methyl/N-ethyl adjacent to an activating group) is 1. The number of halogens is 3. The molecule has 5 aliphatic heterocycles. The third-order valence-electron chi connectivity index (χ3n) is 9.99. The summed E-state index contributed by atoms with van der Waals surface area (Å²) in [5.74, 6) is -0.129. The molecule has 8 rings (SSSR count). The highest BCUT2D eigenvalue weighted by atomic mass is 19.4. The van der Waals surface area contributed by atoms with Crippen molar-refractivity contribution in [3.63, 3.8) is 0 Å². The number of aliphatic hydroxyl groups is 1. The lowest BCUT2D eigenvalue weighted by Gasteiger charge is -2.58. The molecule has 2 bridgehead atoms. The van der Waals surface area contributed by atoms with Crippen molar-refractivity contribution in [1.82, 2.24) is 15.1 Å². The maximum Gasteiger partial charge on any atom is 0.416 e. The van der Waals surface area contributed by atoms with Crippen LogP contribution in [-0.4, -0.2) is 71.2 Å². The van der Waals surface area contributed by atoms with E-state index in [1.807, 2.05) is 18.0 Å². The first-order valence-electron chi connectivity index (χ1n) is 16.0. The molecule has 3 aromatic carbocycles. The highest BCUT2D eigenvalue weighted by Gasteiger charge is 2.59. The number of phenols is 1. The molecule has 0 aliphatic carbocycles. The average Bonchev–Trinajstić information content (AvgIpc) is 3.45. The molecule has 14 heteroatoms. The number of rotatable bonds is 5. The van der Waals surface area contributed by atoms with Gasteiger partial charge in [-0.1, -0.05) is 18.2 Å². The van der Waals surface area contributed by atoms with Crippen molar-refractivity contribution in [2.75, 3.05) is 27.5 Å². The van der Waals surface area contributed by atoms with E-state index in [4.69, 9.17) is 18.9 Å². The number of alkyl halides is 3. The summed E-state index contributed by atoms with van der Waals surface area (Å²) in [5, 5.41) is 27.3. The number of amides is 1. The summed E-state index contributed by atoms with van der Waals surface area (Å²) < 4.78 is 63.3. The molecule has 2 unspecified atom stereocenters. The molecule has 1 amide bonds. The van der Waals surface area contributed by atoms with E-state index in [-0.39, 0.29) is 43.2 Å². The van der Waals surface area contributed by atoms with Gasteiger partial charge in [-0.05, 0) is 62.2 Å². The topological polar surface area (TPSA) is 130 Å². The molecule has 1 fully saturated rings. The number of fused-ring (bicyclic) bond motifs is 4. The van der Waals surface area contributed by atoms with E-state index >= 15 is 0 Å². The lowest BCUT2D eigenvalue weighted by Crippen LogP contribution is -2.70. The second-order valence-corrected chi connectivity index (χ2v) is 13.2. The quantitative estimate of drug-likeness (QED) is 0.197. The minimum Gasteiger partial charge on any atom is -0.504 e. The maximum atomic E-state index is 13.8. The Morgan fingerprint density at radius 2 is 1.86 bits per heavy atom. The third kappa shape index (κ3) is 5.33. The first-order chi connectivity index (χ1) is 23.6. The summed E-state index contributed by atoms with van der Waals surface area (Å²) in [6.07, 6.45) is -2.99. The summed E-state index contributed by atoms with van der Waals surface area (Å²) in [5.41, 5.74) is 1.11. The van der Waals surface area contributed by atoms with Crippen LogP contribution in [0.15, 0.2) is 36.4 Å². The number of nitrogens with one attached hydrogen (secondary N) is 1. The Bertz CT molecular complexity index is 1960. The minimum absolute atomic E-state index is 0.0528. The molecule has 1 saturated heterocycles. The van der Waals surface area contributed by atoms with Gasteiger partial charge in [-0.2, -0.15) is 13.2 Å². The Hall–Kier alpha value is -4.79. The second kappa shape index (κ2) is 11.9. The van der Waals surface area contributed by atoms with E-state index in [9.17, 15) is 33.0 Å². The standard InChI is InChI=1S/C36H36F3N3O8/c1-17-11-21-14-35(46)15-41(4)28(26(21)29(45)30(17)47-5)24-13-23-27(33-32(48-16-49-33)18(2)31(23)50-19(3)43)34(42(24)35)40-25(44)10-9-20-7-6-8-22(12-20)36(37,38)39/h6-12,24,28,34,45-46H,13-16H2,1-5H3,(H,40,44)/b10-9+/t24?,28-,34?,35-/m0/s1. The van der Waals surface area contributed by atoms with E-state index in [0.29, 0.717) is 50.6 Å². The molecule has 0 spiro atoms. The number of carbonyl (C=O) groups is 2. The fourth-order valence-electron chi connectivity index (χ4n) is 8.22. The molecule has 11 nitrogen and oxygen atoms in total. The van der Waals surface area contributed by atoms with Gasteiger partial charge in [-0.25, -0.2) is 4.90 Å². The van der Waals surface area contributed by atoms with Crippen molar-refractivity contribution in [2.24, 2.45) is 0 Å². The van der Waals surface area contributed by atoms with Crippen LogP contribution in [0.25, 0.3) is 6.08 Å². The zero-order valence-electron chi connectivity index (χ0n) is 28.0. The van der Waals surface area contributed by atoms with Crippen LogP contribution in [-0.2, 0) is 28.6 Å². The third-order valence-corrected chi connectivity index (χ3v) is 9.99. The molecule has 0 aromatic heterocycles. The van der Waals surface area contributed by atoms with E-state index in [0.717, 1.165) is 18.2 Å². The largest absolute Gasteiger partial charge is 0.504 e.